The summed E-state index contributed by atoms with van der Waals surface area (Å²) in [4.78, 5) is 3.76. The van der Waals surface area contributed by atoms with E-state index in [-0.39, 0.29) is 13.2 Å². The van der Waals surface area contributed by atoms with E-state index in [0.29, 0.717) is 12.3 Å². The number of rotatable bonds is 5. The highest BCUT2D eigenvalue weighted by Gasteiger charge is 2.27. The van der Waals surface area contributed by atoms with Crippen LogP contribution in [0.25, 0.3) is 0 Å². The van der Waals surface area contributed by atoms with Crippen molar-refractivity contribution in [2.45, 2.75) is 19.5 Å². The van der Waals surface area contributed by atoms with Crippen molar-refractivity contribution in [1.82, 2.24) is 0 Å². The van der Waals surface area contributed by atoms with Crippen molar-refractivity contribution in [3.8, 4) is 0 Å². The Morgan fingerprint density at radius 2 is 2.08 bits per heavy atom. The molecule has 0 aliphatic heterocycles. The standard InChI is InChI=1S/C7H13F3N2O/c1-2-6(11)12-3-4-13-5-7(8,9)10/h2-5H2,1H3,(H2,11,12). The molecule has 13 heavy (non-hydrogen) atoms. The molecule has 0 saturated heterocycles. The fourth-order valence-electron chi connectivity index (χ4n) is 0.553. The lowest BCUT2D eigenvalue weighted by atomic mass is 10.4. The van der Waals surface area contributed by atoms with Crippen LogP contribution in [0.1, 0.15) is 13.3 Å². The highest BCUT2D eigenvalue weighted by Crippen LogP contribution is 2.13. The van der Waals surface area contributed by atoms with Crippen molar-refractivity contribution in [3.05, 3.63) is 0 Å². The Hall–Kier alpha value is -0.780. The molecule has 0 aliphatic rings. The molecule has 0 amide bonds. The van der Waals surface area contributed by atoms with Crippen molar-refractivity contribution >= 4 is 5.84 Å². The number of amidine groups is 1. The Labute approximate surface area is 74.8 Å². The van der Waals surface area contributed by atoms with E-state index in [1.54, 1.807) is 0 Å². The summed E-state index contributed by atoms with van der Waals surface area (Å²) < 4.78 is 38.9. The van der Waals surface area contributed by atoms with Gasteiger partial charge in [0.2, 0.25) is 0 Å². The van der Waals surface area contributed by atoms with Crippen LogP contribution in [0, 0.1) is 0 Å². The molecule has 0 unspecified atom stereocenters. The van der Waals surface area contributed by atoms with Crippen LogP contribution in [-0.2, 0) is 4.74 Å². The van der Waals surface area contributed by atoms with Gasteiger partial charge in [0.1, 0.15) is 6.61 Å². The smallest absolute Gasteiger partial charge is 0.387 e. The van der Waals surface area contributed by atoms with Gasteiger partial charge in [-0.05, 0) is 0 Å². The lowest BCUT2D eigenvalue weighted by Crippen LogP contribution is -2.19. The molecule has 0 aromatic heterocycles. The fraction of sp³-hybridized carbons (Fsp3) is 0.857. The quantitative estimate of drug-likeness (QED) is 0.411. The first-order valence-corrected chi connectivity index (χ1v) is 3.89. The van der Waals surface area contributed by atoms with E-state index in [1.807, 2.05) is 6.92 Å². The largest absolute Gasteiger partial charge is 0.411 e. The summed E-state index contributed by atoms with van der Waals surface area (Å²) in [5, 5.41) is 0. The van der Waals surface area contributed by atoms with Gasteiger partial charge in [-0.25, -0.2) is 0 Å². The third kappa shape index (κ3) is 9.13. The zero-order valence-corrected chi connectivity index (χ0v) is 7.40. The van der Waals surface area contributed by atoms with E-state index in [4.69, 9.17) is 5.73 Å². The molecular weight excluding hydrogens is 185 g/mol. The first kappa shape index (κ1) is 12.2. The van der Waals surface area contributed by atoms with Gasteiger partial charge in [-0.15, -0.1) is 0 Å². The molecule has 0 aliphatic carbocycles. The van der Waals surface area contributed by atoms with Gasteiger partial charge in [-0.1, -0.05) is 6.92 Å². The molecule has 0 bridgehead atoms. The fourth-order valence-corrected chi connectivity index (χ4v) is 0.553. The zero-order chi connectivity index (χ0) is 10.3. The molecule has 0 radical (unpaired) electrons. The van der Waals surface area contributed by atoms with Crippen LogP contribution < -0.4 is 5.73 Å². The second-order valence-corrected chi connectivity index (χ2v) is 2.39. The second kappa shape index (κ2) is 5.80. The Kier molecular flexibility index (Phi) is 5.45. The predicted octanol–water partition coefficient (Wildman–Crippen LogP) is 1.33. The maximum absolute atomic E-state index is 11.5. The minimum absolute atomic E-state index is 0.0553. The van der Waals surface area contributed by atoms with Crippen LogP contribution in [0.15, 0.2) is 4.99 Å². The van der Waals surface area contributed by atoms with E-state index < -0.39 is 12.8 Å². The van der Waals surface area contributed by atoms with Crippen molar-refractivity contribution in [1.29, 1.82) is 0 Å². The van der Waals surface area contributed by atoms with Gasteiger partial charge in [-0.3, -0.25) is 4.99 Å². The maximum Gasteiger partial charge on any atom is 0.411 e. The van der Waals surface area contributed by atoms with Crippen molar-refractivity contribution in [2.75, 3.05) is 19.8 Å². The van der Waals surface area contributed by atoms with Gasteiger partial charge in [-0.2, -0.15) is 13.2 Å². The number of aliphatic imine (C=N–C) groups is 1. The van der Waals surface area contributed by atoms with E-state index in [0.717, 1.165) is 0 Å². The molecule has 2 N–H and O–H groups in total. The van der Waals surface area contributed by atoms with Crippen LogP contribution in [-0.4, -0.2) is 31.8 Å². The molecule has 0 atom stereocenters. The monoisotopic (exact) mass is 198 g/mol. The molecule has 0 heterocycles. The highest BCUT2D eigenvalue weighted by atomic mass is 19.4. The Bertz CT molecular complexity index is 168. The Morgan fingerprint density at radius 3 is 2.54 bits per heavy atom. The van der Waals surface area contributed by atoms with Gasteiger partial charge >= 0.3 is 6.18 Å². The number of alkyl halides is 3. The molecule has 0 saturated carbocycles. The van der Waals surface area contributed by atoms with Gasteiger partial charge < -0.3 is 10.5 Å². The second-order valence-electron chi connectivity index (χ2n) is 2.39. The van der Waals surface area contributed by atoms with Gasteiger partial charge in [0, 0.05) is 6.42 Å². The molecule has 0 aromatic carbocycles. The molecule has 78 valence electrons. The molecule has 3 nitrogen and oxygen atoms in total. The summed E-state index contributed by atoms with van der Waals surface area (Å²) in [6.45, 7) is 0.708. The molecule has 0 aromatic rings. The number of ether oxygens (including phenoxy) is 1. The first-order chi connectivity index (χ1) is 5.95. The first-order valence-electron chi connectivity index (χ1n) is 3.89. The van der Waals surface area contributed by atoms with Crippen LogP contribution in [0.3, 0.4) is 0 Å². The summed E-state index contributed by atoms with van der Waals surface area (Å²) in [5.41, 5.74) is 5.31. The highest BCUT2D eigenvalue weighted by molar-refractivity contribution is 5.79. The zero-order valence-electron chi connectivity index (χ0n) is 7.40. The minimum atomic E-state index is -4.26. The van der Waals surface area contributed by atoms with E-state index >= 15 is 0 Å². The molecule has 0 spiro atoms. The minimum Gasteiger partial charge on any atom is -0.387 e. The van der Waals surface area contributed by atoms with Crippen molar-refractivity contribution in [2.24, 2.45) is 10.7 Å². The van der Waals surface area contributed by atoms with Crippen molar-refractivity contribution < 1.29 is 17.9 Å². The van der Waals surface area contributed by atoms with Crippen LogP contribution >= 0.6 is 0 Å². The van der Waals surface area contributed by atoms with Crippen LogP contribution in [0.2, 0.25) is 0 Å². The third-order valence-electron chi connectivity index (χ3n) is 1.18. The summed E-state index contributed by atoms with van der Waals surface area (Å²) in [6, 6.07) is 0. The summed E-state index contributed by atoms with van der Waals surface area (Å²) in [5.74, 6) is 0.426. The molecule has 6 heteroatoms. The van der Waals surface area contributed by atoms with E-state index in [1.165, 1.54) is 0 Å². The van der Waals surface area contributed by atoms with Crippen LogP contribution in [0.5, 0.6) is 0 Å². The normalized spacial score (nSPS) is 13.4. The number of nitrogens with two attached hydrogens (primary N) is 1. The van der Waals surface area contributed by atoms with E-state index in [9.17, 15) is 13.2 Å². The van der Waals surface area contributed by atoms with Gasteiger partial charge in [0.15, 0.2) is 0 Å². The molecule has 0 fully saturated rings. The lowest BCUT2D eigenvalue weighted by molar-refractivity contribution is -0.173. The average Bonchev–Trinajstić information content (AvgIpc) is 2.01. The Balaban J connectivity index is 3.37. The summed E-state index contributed by atoms with van der Waals surface area (Å²) in [7, 11) is 0. The average molecular weight is 198 g/mol. The lowest BCUT2D eigenvalue weighted by Gasteiger charge is -2.05. The Morgan fingerprint density at radius 1 is 1.46 bits per heavy atom. The van der Waals surface area contributed by atoms with Crippen LogP contribution in [0.4, 0.5) is 13.2 Å². The van der Waals surface area contributed by atoms with Gasteiger partial charge in [0.05, 0.1) is 19.0 Å². The number of nitrogens with zero attached hydrogens (tertiary/aromatic N) is 1. The maximum atomic E-state index is 11.5. The van der Waals surface area contributed by atoms with Gasteiger partial charge in [0.25, 0.3) is 0 Å². The number of hydrogen-bond acceptors (Lipinski definition) is 2. The van der Waals surface area contributed by atoms with Crippen molar-refractivity contribution in [3.63, 3.8) is 0 Å². The number of halogens is 3. The SMILES string of the molecule is CCC(N)=NCCOCC(F)(F)F. The molecule has 0 rings (SSSR count). The van der Waals surface area contributed by atoms with E-state index in [2.05, 4.69) is 9.73 Å². The topological polar surface area (TPSA) is 47.6 Å². The summed E-state index contributed by atoms with van der Waals surface area (Å²) in [6.07, 6.45) is -3.67. The summed E-state index contributed by atoms with van der Waals surface area (Å²) >= 11 is 0. The predicted molar refractivity (Wildman–Crippen MR) is 43.7 cm³/mol. The molecular formula is C7H13F3N2O. The third-order valence-corrected chi connectivity index (χ3v) is 1.18. The number of hydrogen-bond donors (Lipinski definition) is 1.